The van der Waals surface area contributed by atoms with Crippen molar-refractivity contribution in [2.45, 2.75) is 36.6 Å². The van der Waals surface area contributed by atoms with Gasteiger partial charge in [0.25, 0.3) is 10.0 Å². The highest BCUT2D eigenvalue weighted by atomic mass is 32.2. The number of nitrogens with one attached hydrogen (secondary N) is 2. The van der Waals surface area contributed by atoms with Crippen molar-refractivity contribution in [2.24, 2.45) is 5.92 Å². The van der Waals surface area contributed by atoms with Crippen LogP contribution in [0.5, 0.6) is 5.75 Å². The zero-order chi connectivity index (χ0) is 28.9. The SMILES string of the molecule is C[C@@H]1CN([C@@H](C)CO)C(=O)Cc2cc(NC(=O)Nc3ccccc3)ccc2O[C@@H]1CN(C)S(=O)(=O)c1cccs1. The molecule has 3 atom stereocenters. The monoisotopic (exact) mass is 586 g/mol. The Morgan fingerprint density at radius 2 is 1.88 bits per heavy atom. The largest absolute Gasteiger partial charge is 0.488 e. The van der Waals surface area contributed by atoms with Gasteiger partial charge in [0.05, 0.1) is 25.6 Å². The molecule has 0 fully saturated rings. The number of benzene rings is 2. The van der Waals surface area contributed by atoms with E-state index in [-0.39, 0.29) is 42.2 Å². The molecule has 1 aromatic heterocycles. The molecule has 214 valence electrons. The smallest absolute Gasteiger partial charge is 0.323 e. The standard InChI is InChI=1S/C28H34N4O6S2/c1-19-16-32(20(2)18-33)26(34)15-21-14-23(30-28(35)29-22-8-5-4-6-9-22)11-12-24(21)38-25(19)17-31(3)40(36,37)27-10-7-13-39-27/h4-14,19-20,25,33H,15-18H2,1-3H3,(H2,29,30,35)/t19-,20+,25-/m1/s1. The van der Waals surface area contributed by atoms with Crippen molar-refractivity contribution in [3.05, 3.63) is 71.6 Å². The van der Waals surface area contributed by atoms with Crippen LogP contribution in [0.15, 0.2) is 70.3 Å². The third-order valence-corrected chi connectivity index (χ3v) is 10.00. The number of ether oxygens (including phenoxy) is 1. The van der Waals surface area contributed by atoms with Gasteiger partial charge < -0.3 is 25.4 Å². The number of fused-ring (bicyclic) bond motifs is 1. The van der Waals surface area contributed by atoms with E-state index in [2.05, 4.69) is 10.6 Å². The number of thiophene rings is 1. The Bertz CT molecular complexity index is 1420. The fraction of sp³-hybridized carbons (Fsp3) is 0.357. The Labute approximate surface area is 238 Å². The maximum Gasteiger partial charge on any atom is 0.323 e. The van der Waals surface area contributed by atoms with E-state index in [4.69, 9.17) is 4.74 Å². The zero-order valence-corrected chi connectivity index (χ0v) is 24.2. The quantitative estimate of drug-likeness (QED) is 0.368. The number of carbonyl (C=O) groups excluding carboxylic acids is 2. The number of hydrogen-bond donors (Lipinski definition) is 3. The first-order valence-corrected chi connectivity index (χ1v) is 15.2. The summed E-state index contributed by atoms with van der Waals surface area (Å²) in [6, 6.07) is 16.4. The van der Waals surface area contributed by atoms with Gasteiger partial charge in [0.2, 0.25) is 5.91 Å². The molecular formula is C28H34N4O6S2. The Morgan fingerprint density at radius 1 is 1.15 bits per heavy atom. The number of carbonyl (C=O) groups is 2. The number of likely N-dealkylation sites (N-methyl/N-ethyl adjacent to an activating group) is 1. The van der Waals surface area contributed by atoms with Crippen molar-refractivity contribution in [1.29, 1.82) is 0 Å². The second-order valence-corrected chi connectivity index (χ2v) is 13.1. The van der Waals surface area contributed by atoms with Crippen LogP contribution in [0.3, 0.4) is 0 Å². The van der Waals surface area contributed by atoms with E-state index in [1.54, 1.807) is 59.7 Å². The van der Waals surface area contributed by atoms with Crippen LogP contribution in [0.4, 0.5) is 16.2 Å². The van der Waals surface area contributed by atoms with Crippen LogP contribution in [-0.2, 0) is 21.2 Å². The highest BCUT2D eigenvalue weighted by Crippen LogP contribution is 2.30. The van der Waals surface area contributed by atoms with Gasteiger partial charge in [-0.1, -0.05) is 31.2 Å². The molecule has 0 bridgehead atoms. The Hall–Kier alpha value is -3.45. The summed E-state index contributed by atoms with van der Waals surface area (Å²) >= 11 is 1.14. The fourth-order valence-electron chi connectivity index (χ4n) is 4.46. The topological polar surface area (TPSA) is 128 Å². The summed E-state index contributed by atoms with van der Waals surface area (Å²) in [7, 11) is -2.21. The number of urea groups is 1. The molecule has 0 saturated heterocycles. The number of rotatable bonds is 8. The Morgan fingerprint density at radius 3 is 2.55 bits per heavy atom. The van der Waals surface area contributed by atoms with Gasteiger partial charge in [0.15, 0.2) is 0 Å². The van der Waals surface area contributed by atoms with Crippen LogP contribution in [0.2, 0.25) is 0 Å². The number of sulfonamides is 1. The van der Waals surface area contributed by atoms with E-state index in [9.17, 15) is 23.1 Å². The van der Waals surface area contributed by atoms with E-state index in [1.807, 2.05) is 25.1 Å². The molecule has 0 aliphatic carbocycles. The van der Waals surface area contributed by atoms with Gasteiger partial charge >= 0.3 is 6.03 Å². The average molecular weight is 587 g/mol. The molecule has 0 spiro atoms. The summed E-state index contributed by atoms with van der Waals surface area (Å²) in [6.07, 6.45) is -0.615. The summed E-state index contributed by atoms with van der Waals surface area (Å²) in [6.45, 7) is 3.77. The fourth-order valence-corrected chi connectivity index (χ4v) is 6.84. The van der Waals surface area contributed by atoms with Crippen molar-refractivity contribution >= 4 is 44.7 Å². The summed E-state index contributed by atoms with van der Waals surface area (Å²) < 4.78 is 34.2. The van der Waals surface area contributed by atoms with Gasteiger partial charge in [-0.3, -0.25) is 4.79 Å². The normalized spacial score (nSPS) is 18.6. The second kappa shape index (κ2) is 12.8. The molecule has 3 N–H and O–H groups in total. The molecule has 40 heavy (non-hydrogen) atoms. The highest BCUT2D eigenvalue weighted by Gasteiger charge is 2.33. The lowest BCUT2D eigenvalue weighted by atomic mass is 10.0. The predicted octanol–water partition coefficient (Wildman–Crippen LogP) is 3.86. The minimum Gasteiger partial charge on any atom is -0.488 e. The van der Waals surface area contributed by atoms with Crippen molar-refractivity contribution in [2.75, 3.05) is 37.4 Å². The molecule has 10 nitrogen and oxygen atoms in total. The molecule has 4 rings (SSSR count). The van der Waals surface area contributed by atoms with Crippen LogP contribution in [-0.4, -0.2) is 73.6 Å². The van der Waals surface area contributed by atoms with Crippen LogP contribution in [0.25, 0.3) is 0 Å². The average Bonchev–Trinajstić information content (AvgIpc) is 3.49. The first-order valence-electron chi connectivity index (χ1n) is 12.9. The van der Waals surface area contributed by atoms with E-state index in [1.165, 1.54) is 11.4 Å². The van der Waals surface area contributed by atoms with Crippen LogP contribution >= 0.6 is 11.3 Å². The molecule has 1 aliphatic heterocycles. The van der Waals surface area contributed by atoms with E-state index in [0.29, 0.717) is 22.7 Å². The van der Waals surface area contributed by atoms with E-state index >= 15 is 0 Å². The van der Waals surface area contributed by atoms with Crippen molar-refractivity contribution in [3.8, 4) is 5.75 Å². The molecule has 2 heterocycles. The molecule has 0 radical (unpaired) electrons. The number of amides is 3. The van der Waals surface area contributed by atoms with Crippen molar-refractivity contribution in [1.82, 2.24) is 9.21 Å². The number of anilines is 2. The van der Waals surface area contributed by atoms with Gasteiger partial charge in [0, 0.05) is 36.4 Å². The summed E-state index contributed by atoms with van der Waals surface area (Å²) in [5.74, 6) is -0.0386. The first kappa shape index (κ1) is 29.5. The molecule has 0 unspecified atom stereocenters. The van der Waals surface area contributed by atoms with Crippen molar-refractivity contribution < 1.29 is 27.9 Å². The number of aliphatic hydroxyl groups is 1. The van der Waals surface area contributed by atoms with E-state index in [0.717, 1.165) is 11.3 Å². The lowest BCUT2D eigenvalue weighted by Gasteiger charge is -2.33. The van der Waals surface area contributed by atoms with Gasteiger partial charge in [0.1, 0.15) is 16.1 Å². The summed E-state index contributed by atoms with van der Waals surface area (Å²) in [4.78, 5) is 27.6. The minimum absolute atomic E-state index is 0.0156. The molecule has 2 aromatic carbocycles. The van der Waals surface area contributed by atoms with E-state index < -0.39 is 28.2 Å². The third kappa shape index (κ3) is 7.00. The van der Waals surface area contributed by atoms with Gasteiger partial charge in [-0.2, -0.15) is 4.31 Å². The molecule has 0 saturated carbocycles. The predicted molar refractivity (Wildman–Crippen MR) is 155 cm³/mol. The first-order chi connectivity index (χ1) is 19.1. The van der Waals surface area contributed by atoms with Crippen LogP contribution in [0, 0.1) is 5.92 Å². The Balaban J connectivity index is 1.61. The summed E-state index contributed by atoms with van der Waals surface area (Å²) in [5.41, 5.74) is 1.64. The maximum absolute atomic E-state index is 13.4. The van der Waals surface area contributed by atoms with Crippen LogP contribution in [0.1, 0.15) is 19.4 Å². The molecular weight excluding hydrogens is 552 g/mol. The maximum atomic E-state index is 13.4. The Kier molecular flexibility index (Phi) is 9.46. The van der Waals surface area contributed by atoms with Crippen molar-refractivity contribution in [3.63, 3.8) is 0 Å². The molecule has 12 heteroatoms. The third-order valence-electron chi connectivity index (χ3n) is 6.80. The number of nitrogens with zero attached hydrogens (tertiary/aromatic N) is 2. The van der Waals surface area contributed by atoms with Gasteiger partial charge in [-0.25, -0.2) is 13.2 Å². The molecule has 3 amide bonds. The lowest BCUT2D eigenvalue weighted by molar-refractivity contribution is -0.134. The molecule has 3 aromatic rings. The van der Waals surface area contributed by atoms with Crippen LogP contribution < -0.4 is 15.4 Å². The van der Waals surface area contributed by atoms with Gasteiger partial charge in [-0.05, 0) is 48.7 Å². The number of hydrogen-bond acceptors (Lipinski definition) is 7. The highest BCUT2D eigenvalue weighted by molar-refractivity contribution is 7.91. The second-order valence-electron chi connectivity index (χ2n) is 9.87. The molecule has 1 aliphatic rings. The summed E-state index contributed by atoms with van der Waals surface area (Å²) in [5, 5.41) is 17.1. The number of para-hydroxylation sites is 1. The zero-order valence-electron chi connectivity index (χ0n) is 22.6. The minimum atomic E-state index is -3.72. The number of aliphatic hydroxyl groups excluding tert-OH is 1. The lowest BCUT2D eigenvalue weighted by Crippen LogP contribution is -2.48. The van der Waals surface area contributed by atoms with Gasteiger partial charge in [-0.15, -0.1) is 11.3 Å².